The van der Waals surface area contributed by atoms with Crippen LogP contribution in [0.4, 0.5) is 51.2 Å². The Kier molecular flexibility index (Phi) is 22.2. The molecule has 2 aliphatic rings. The molecule has 0 atom stereocenters. The van der Waals surface area contributed by atoms with E-state index in [9.17, 15) is 0 Å². The van der Waals surface area contributed by atoms with Gasteiger partial charge < -0.3 is 14.7 Å². The molecule has 0 fully saturated rings. The minimum atomic E-state index is -0.0473. The van der Waals surface area contributed by atoms with Crippen molar-refractivity contribution in [1.82, 2.24) is 0 Å². The van der Waals surface area contributed by atoms with E-state index in [0.29, 0.717) is 0 Å². The van der Waals surface area contributed by atoms with Crippen LogP contribution < -0.4 is 14.7 Å². The Morgan fingerprint density at radius 1 is 0.198 bits per heavy atom. The van der Waals surface area contributed by atoms with Crippen LogP contribution in [0.2, 0.25) is 0 Å². The van der Waals surface area contributed by atoms with Gasteiger partial charge in [0.25, 0.3) is 0 Å². The van der Waals surface area contributed by atoms with Crippen molar-refractivity contribution in [2.24, 2.45) is 0 Å². The van der Waals surface area contributed by atoms with E-state index in [1.165, 1.54) is 190 Å². The summed E-state index contributed by atoms with van der Waals surface area (Å²) >= 11 is 0. The maximum Gasteiger partial charge on any atom is 0.0468 e. The van der Waals surface area contributed by atoms with E-state index >= 15 is 0 Å². The number of hydrogen-bond acceptors (Lipinski definition) is 3. The van der Waals surface area contributed by atoms with Crippen LogP contribution >= 0.6 is 0 Å². The number of rotatable bonds is 30. The van der Waals surface area contributed by atoms with Crippen molar-refractivity contribution in [3.8, 4) is 89.0 Å². The first kappa shape index (κ1) is 74.6. The Balaban J connectivity index is 0.691. The first-order valence-electron chi connectivity index (χ1n) is 42.7. The van der Waals surface area contributed by atoms with Gasteiger partial charge in [0, 0.05) is 56.6 Å². The van der Waals surface area contributed by atoms with E-state index in [-0.39, 0.29) is 5.41 Å². The molecular weight excluding hydrogens is 1400 g/mol. The second-order valence-electron chi connectivity index (χ2n) is 32.1. The number of nitrogens with zero attached hydrogens (tertiary/aromatic N) is 3. The molecule has 16 aromatic rings. The minimum Gasteiger partial charge on any atom is -0.310 e. The minimum absolute atomic E-state index is 0.0473. The molecule has 0 saturated carbocycles. The molecule has 0 heterocycles. The van der Waals surface area contributed by atoms with Crippen molar-refractivity contribution < 1.29 is 0 Å². The number of hydrogen-bond donors (Lipinski definition) is 0. The van der Waals surface area contributed by atoms with Gasteiger partial charge in [0.1, 0.15) is 0 Å². The van der Waals surface area contributed by atoms with Gasteiger partial charge in [-0.3, -0.25) is 0 Å². The van der Waals surface area contributed by atoms with Gasteiger partial charge in [-0.2, -0.15) is 0 Å². The maximum atomic E-state index is 2.61. The van der Waals surface area contributed by atoms with Gasteiger partial charge in [-0.1, -0.05) is 358 Å². The summed E-state index contributed by atoms with van der Waals surface area (Å²) in [5.74, 6) is 0. The van der Waals surface area contributed by atoms with Crippen molar-refractivity contribution in [3.05, 3.63) is 404 Å². The molecule has 0 aliphatic heterocycles. The summed E-state index contributed by atoms with van der Waals surface area (Å²) < 4.78 is 0. The van der Waals surface area contributed by atoms with Crippen LogP contribution in [0.25, 0.3) is 99.8 Å². The lowest BCUT2D eigenvalue weighted by Gasteiger charge is -2.34. The summed E-state index contributed by atoms with van der Waals surface area (Å²) in [4.78, 5) is 7.34. The van der Waals surface area contributed by atoms with Crippen LogP contribution in [0.15, 0.2) is 382 Å². The zero-order valence-electron chi connectivity index (χ0n) is 67.0. The average molecular weight is 1500 g/mol. The number of anilines is 9. The third-order valence-corrected chi connectivity index (χ3v) is 24.8. The number of fused-ring (bicyclic) bond motifs is 5. The van der Waals surface area contributed by atoms with Crippen molar-refractivity contribution in [3.63, 3.8) is 0 Å². The van der Waals surface area contributed by atoms with Gasteiger partial charge in [0.15, 0.2) is 0 Å². The quantitative estimate of drug-likeness (QED) is 0.0416. The Morgan fingerprint density at radius 2 is 0.517 bits per heavy atom. The Hall–Kier alpha value is -12.8. The van der Waals surface area contributed by atoms with Gasteiger partial charge in [-0.05, 0) is 263 Å². The van der Waals surface area contributed by atoms with Crippen molar-refractivity contribution in [1.29, 1.82) is 0 Å². The lowest BCUT2D eigenvalue weighted by atomic mass is 9.70. The SMILES string of the molecule is CCCCCCCCC1(CCCCCCCC)c2ccccc2-c2ccc(N(c3ccc(-c4ccccc4)cc3)c3ccc(-c4ccc(N(c5ccc(-c6ccc(N(c7ccc(-c8ccccc8)cc7)c7ccc8c(c7)CC8)cc6)cc5)c5ccc(-c6ccc(-c7ccc8ccccc8c7)cc6)c(-c6ccccc6)c5)cc4)cc3)cc21. The first-order chi connectivity index (χ1) is 57.4. The fourth-order valence-corrected chi connectivity index (χ4v) is 18.4. The van der Waals surface area contributed by atoms with Gasteiger partial charge in [0.2, 0.25) is 0 Å². The van der Waals surface area contributed by atoms with Crippen molar-refractivity contribution in [2.45, 2.75) is 122 Å². The van der Waals surface area contributed by atoms with Crippen LogP contribution in [0.3, 0.4) is 0 Å². The number of unbranched alkanes of at least 4 members (excludes halogenated alkanes) is 10. The van der Waals surface area contributed by atoms with E-state index < -0.39 is 0 Å². The van der Waals surface area contributed by atoms with Crippen LogP contribution in [0.5, 0.6) is 0 Å². The third-order valence-electron chi connectivity index (χ3n) is 24.8. The molecule has 116 heavy (non-hydrogen) atoms. The van der Waals surface area contributed by atoms with Crippen molar-refractivity contribution >= 4 is 62.0 Å². The normalized spacial score (nSPS) is 12.4. The topological polar surface area (TPSA) is 9.72 Å². The predicted molar refractivity (Wildman–Crippen MR) is 496 cm³/mol. The lowest BCUT2D eigenvalue weighted by Crippen LogP contribution is -2.26. The number of benzene rings is 16. The van der Waals surface area contributed by atoms with Crippen LogP contribution in [0.1, 0.15) is 126 Å². The molecule has 0 bridgehead atoms. The van der Waals surface area contributed by atoms with Gasteiger partial charge in [0.05, 0.1) is 0 Å². The Morgan fingerprint density at radius 3 is 0.974 bits per heavy atom. The lowest BCUT2D eigenvalue weighted by molar-refractivity contribution is 0.398. The fourth-order valence-electron chi connectivity index (χ4n) is 18.4. The van der Waals surface area contributed by atoms with E-state index in [2.05, 4.69) is 411 Å². The molecule has 3 nitrogen and oxygen atoms in total. The largest absolute Gasteiger partial charge is 0.310 e. The highest BCUT2D eigenvalue weighted by Crippen LogP contribution is 2.56. The molecule has 0 spiro atoms. The fraction of sp³-hybridized carbons (Fsp3) is 0.168. The van der Waals surface area contributed by atoms with Crippen LogP contribution in [0, 0.1) is 0 Å². The Bertz CT molecular complexity index is 5980. The summed E-state index contributed by atoms with van der Waals surface area (Å²) in [5, 5.41) is 2.49. The molecule has 0 N–H and O–H groups in total. The van der Waals surface area contributed by atoms with E-state index in [0.717, 1.165) is 86.0 Å². The highest BCUT2D eigenvalue weighted by molar-refractivity contribution is 5.93. The Labute approximate surface area is 687 Å². The second kappa shape index (κ2) is 34.5. The second-order valence-corrected chi connectivity index (χ2v) is 32.1. The van der Waals surface area contributed by atoms with Gasteiger partial charge in [-0.15, -0.1) is 0 Å². The molecular formula is C113H101N3. The van der Waals surface area contributed by atoms with E-state index in [1.54, 1.807) is 0 Å². The summed E-state index contributed by atoms with van der Waals surface area (Å²) in [6, 6.07) is 143. The maximum absolute atomic E-state index is 2.61. The van der Waals surface area contributed by atoms with Crippen LogP contribution in [-0.2, 0) is 18.3 Å². The highest BCUT2D eigenvalue weighted by atomic mass is 15.2. The summed E-state index contributed by atoms with van der Waals surface area (Å²) in [5.41, 5.74) is 35.3. The first-order valence-corrected chi connectivity index (χ1v) is 42.7. The average Bonchev–Trinajstić information content (AvgIpc) is 1.56. The summed E-state index contributed by atoms with van der Waals surface area (Å²) in [6.07, 6.45) is 20.1. The third kappa shape index (κ3) is 15.7. The highest BCUT2D eigenvalue weighted by Gasteiger charge is 2.43. The van der Waals surface area contributed by atoms with E-state index in [4.69, 9.17) is 0 Å². The van der Waals surface area contributed by atoms with Gasteiger partial charge in [-0.25, -0.2) is 0 Å². The molecule has 0 radical (unpaired) electrons. The summed E-state index contributed by atoms with van der Waals surface area (Å²) in [6.45, 7) is 4.65. The number of aryl methyl sites for hydroxylation is 2. The molecule has 0 aromatic heterocycles. The molecule has 3 heteroatoms. The predicted octanol–water partition coefficient (Wildman–Crippen LogP) is 32.8. The molecule has 16 aromatic carbocycles. The van der Waals surface area contributed by atoms with Gasteiger partial charge >= 0.3 is 0 Å². The van der Waals surface area contributed by atoms with Crippen LogP contribution in [-0.4, -0.2) is 0 Å². The smallest absolute Gasteiger partial charge is 0.0468 e. The molecule has 2 aliphatic carbocycles. The molecule has 0 saturated heterocycles. The zero-order chi connectivity index (χ0) is 78.0. The monoisotopic (exact) mass is 1500 g/mol. The molecule has 0 unspecified atom stereocenters. The standard InChI is InChI=1S/C113H101N3/c1-3-5-7-9-11-26-76-113(77-27-12-10-8-6-4-2)111-37-25-24-36-108(111)109-75-73-106(81-112(109)113)116(102-61-48-86(49-62-102)83-30-18-14-19-31-83)103-69-56-90(57-70-103)89-54-67-101(68-55-89)115(105-72-74-107(110(80-105)93-33-20-15-21-34-93)94-42-38-91(39-43-94)96-44-40-84-32-22-23-35-95(84)78-96)100-65-52-88(53-66-100)87-50-63-99(64-51-87)114(104-71-58-92-41-45-97(92)79-104)98-59-46-85(47-60-98)82-28-16-13-17-29-82/h13-25,28-40,42-44,46-75,78-81H,3-12,26-27,41,45,76-77H2,1-2H3. The van der Waals surface area contributed by atoms with E-state index in [1.807, 2.05) is 0 Å². The summed E-state index contributed by atoms with van der Waals surface area (Å²) in [7, 11) is 0. The zero-order valence-corrected chi connectivity index (χ0v) is 67.0. The van der Waals surface area contributed by atoms with Crippen molar-refractivity contribution in [2.75, 3.05) is 14.7 Å². The molecule has 568 valence electrons. The molecule has 0 amide bonds. The molecule has 18 rings (SSSR count).